The molecule has 0 bridgehead atoms. The lowest BCUT2D eigenvalue weighted by Gasteiger charge is -2.15. The molecule has 1 amide bonds. The van der Waals surface area contributed by atoms with Crippen LogP contribution in [-0.2, 0) is 6.54 Å². The van der Waals surface area contributed by atoms with E-state index in [1.165, 1.54) is 31.5 Å². The van der Waals surface area contributed by atoms with Gasteiger partial charge in [0.2, 0.25) is 0 Å². The maximum absolute atomic E-state index is 12.5. The number of benzene rings is 2. The van der Waals surface area contributed by atoms with Crippen LogP contribution in [0.5, 0.6) is 5.75 Å². The van der Waals surface area contributed by atoms with E-state index in [9.17, 15) is 4.79 Å². The third-order valence-electron chi connectivity index (χ3n) is 4.42. The number of ether oxygens (including phenoxy) is 1. The van der Waals surface area contributed by atoms with Crippen LogP contribution in [0.4, 0.5) is 5.69 Å². The van der Waals surface area contributed by atoms with Gasteiger partial charge in [-0.1, -0.05) is 18.2 Å². The number of rotatable bonds is 5. The molecule has 4 nitrogen and oxygen atoms in total. The third kappa shape index (κ3) is 3.95. The van der Waals surface area contributed by atoms with Crippen LogP contribution in [0.3, 0.4) is 0 Å². The van der Waals surface area contributed by atoms with Crippen LogP contribution >= 0.6 is 0 Å². The molecule has 0 saturated carbocycles. The highest BCUT2D eigenvalue weighted by molar-refractivity contribution is 6.05. The molecule has 0 unspecified atom stereocenters. The number of aryl methyl sites for hydroxylation is 1. The van der Waals surface area contributed by atoms with Crippen molar-refractivity contribution in [3.05, 3.63) is 59.2 Å². The summed E-state index contributed by atoms with van der Waals surface area (Å²) in [7, 11) is 1.60. The van der Waals surface area contributed by atoms with Crippen molar-refractivity contribution in [2.45, 2.75) is 26.3 Å². The molecule has 0 aromatic heterocycles. The lowest BCUT2D eigenvalue weighted by molar-refractivity contribution is 0.102. The van der Waals surface area contributed by atoms with E-state index in [-0.39, 0.29) is 5.91 Å². The number of likely N-dealkylation sites (tertiary alicyclic amines) is 1. The Morgan fingerprint density at radius 2 is 1.83 bits per heavy atom. The lowest BCUT2D eigenvalue weighted by Crippen LogP contribution is -2.18. The van der Waals surface area contributed by atoms with E-state index >= 15 is 0 Å². The van der Waals surface area contributed by atoms with Crippen LogP contribution in [0.15, 0.2) is 42.5 Å². The topological polar surface area (TPSA) is 41.6 Å². The monoisotopic (exact) mass is 324 g/mol. The fraction of sp³-hybridized carbons (Fsp3) is 0.350. The minimum atomic E-state index is -0.119. The molecule has 1 heterocycles. The Hall–Kier alpha value is -2.33. The second kappa shape index (κ2) is 7.49. The largest absolute Gasteiger partial charge is 0.495 e. The first-order chi connectivity index (χ1) is 11.7. The third-order valence-corrected chi connectivity index (χ3v) is 4.42. The zero-order chi connectivity index (χ0) is 16.9. The van der Waals surface area contributed by atoms with Crippen LogP contribution in [0, 0.1) is 6.92 Å². The van der Waals surface area contributed by atoms with Gasteiger partial charge in [0.05, 0.1) is 12.8 Å². The van der Waals surface area contributed by atoms with Gasteiger partial charge in [0.15, 0.2) is 0 Å². The van der Waals surface area contributed by atoms with Crippen LogP contribution in [0.1, 0.15) is 34.3 Å². The van der Waals surface area contributed by atoms with Crippen molar-refractivity contribution in [3.8, 4) is 5.75 Å². The van der Waals surface area contributed by atoms with Gasteiger partial charge in [-0.3, -0.25) is 9.69 Å². The fourth-order valence-electron chi connectivity index (χ4n) is 3.07. The van der Waals surface area contributed by atoms with E-state index in [0.29, 0.717) is 17.0 Å². The summed E-state index contributed by atoms with van der Waals surface area (Å²) in [4.78, 5) is 14.9. The number of methoxy groups -OCH3 is 1. The number of carbonyl (C=O) groups excluding carboxylic acids is 1. The van der Waals surface area contributed by atoms with Gasteiger partial charge in [-0.25, -0.2) is 0 Å². The summed E-state index contributed by atoms with van der Waals surface area (Å²) in [5.41, 5.74) is 3.68. The molecule has 2 aromatic carbocycles. The molecule has 0 atom stereocenters. The van der Waals surface area contributed by atoms with Crippen LogP contribution in [0.2, 0.25) is 0 Å². The maximum atomic E-state index is 12.5. The van der Waals surface area contributed by atoms with Crippen molar-refractivity contribution in [1.82, 2.24) is 4.90 Å². The molecular formula is C20H24N2O2. The smallest absolute Gasteiger partial charge is 0.255 e. The number of carbonyl (C=O) groups is 1. The molecule has 1 aliphatic rings. The summed E-state index contributed by atoms with van der Waals surface area (Å²) < 4.78 is 5.31. The number of hydrogen-bond donors (Lipinski definition) is 1. The van der Waals surface area contributed by atoms with Crippen LogP contribution in [0.25, 0.3) is 0 Å². The van der Waals surface area contributed by atoms with Gasteiger partial charge in [0, 0.05) is 12.1 Å². The first-order valence-electron chi connectivity index (χ1n) is 8.43. The standard InChI is InChI=1S/C20H24N2O2/c1-15-5-10-19(24-2)18(13-15)21-20(23)17-8-6-16(7-9-17)14-22-11-3-4-12-22/h5-10,13H,3-4,11-12,14H2,1-2H3,(H,21,23). The maximum Gasteiger partial charge on any atom is 0.255 e. The summed E-state index contributed by atoms with van der Waals surface area (Å²) >= 11 is 0. The number of hydrogen-bond acceptors (Lipinski definition) is 3. The molecule has 1 N–H and O–H groups in total. The van der Waals surface area contributed by atoms with E-state index in [0.717, 1.165) is 12.1 Å². The molecule has 0 spiro atoms. The quantitative estimate of drug-likeness (QED) is 0.908. The molecule has 2 aromatic rings. The van der Waals surface area contributed by atoms with Gasteiger partial charge < -0.3 is 10.1 Å². The van der Waals surface area contributed by atoms with E-state index in [1.807, 2.05) is 49.4 Å². The Bertz CT molecular complexity index is 704. The van der Waals surface area contributed by atoms with Crippen molar-refractivity contribution >= 4 is 11.6 Å². The summed E-state index contributed by atoms with van der Waals surface area (Å²) in [5, 5.41) is 2.94. The lowest BCUT2D eigenvalue weighted by atomic mass is 10.1. The molecular weight excluding hydrogens is 300 g/mol. The molecule has 126 valence electrons. The van der Waals surface area contributed by atoms with Crippen molar-refractivity contribution in [1.29, 1.82) is 0 Å². The molecule has 24 heavy (non-hydrogen) atoms. The van der Waals surface area contributed by atoms with Gasteiger partial charge >= 0.3 is 0 Å². The molecule has 1 fully saturated rings. The zero-order valence-corrected chi connectivity index (χ0v) is 14.3. The highest BCUT2D eigenvalue weighted by Crippen LogP contribution is 2.25. The highest BCUT2D eigenvalue weighted by Gasteiger charge is 2.13. The van der Waals surface area contributed by atoms with Crippen LogP contribution < -0.4 is 10.1 Å². The molecule has 1 aliphatic heterocycles. The Kier molecular flexibility index (Phi) is 5.16. The summed E-state index contributed by atoms with van der Waals surface area (Å²) in [6, 6.07) is 13.6. The van der Waals surface area contributed by atoms with E-state index in [4.69, 9.17) is 4.74 Å². The first-order valence-corrected chi connectivity index (χ1v) is 8.43. The number of nitrogens with one attached hydrogen (secondary N) is 1. The van der Waals surface area contributed by atoms with Crippen molar-refractivity contribution in [2.75, 3.05) is 25.5 Å². The predicted molar refractivity (Wildman–Crippen MR) is 96.6 cm³/mol. The van der Waals surface area contributed by atoms with Gasteiger partial charge in [0.1, 0.15) is 5.75 Å². The summed E-state index contributed by atoms with van der Waals surface area (Å²) in [6.45, 7) is 5.31. The van der Waals surface area contributed by atoms with Crippen LogP contribution in [-0.4, -0.2) is 31.0 Å². The van der Waals surface area contributed by atoms with Gasteiger partial charge in [-0.15, -0.1) is 0 Å². The predicted octanol–water partition coefficient (Wildman–Crippen LogP) is 3.85. The van der Waals surface area contributed by atoms with E-state index < -0.39 is 0 Å². The average molecular weight is 324 g/mol. The van der Waals surface area contributed by atoms with E-state index in [1.54, 1.807) is 7.11 Å². The zero-order valence-electron chi connectivity index (χ0n) is 14.3. The molecule has 0 aliphatic carbocycles. The minimum Gasteiger partial charge on any atom is -0.495 e. The molecule has 3 rings (SSSR count). The molecule has 4 heteroatoms. The van der Waals surface area contributed by atoms with Crippen molar-refractivity contribution < 1.29 is 9.53 Å². The fourth-order valence-corrected chi connectivity index (χ4v) is 3.07. The Balaban J connectivity index is 1.67. The summed E-state index contributed by atoms with van der Waals surface area (Å²) in [6.07, 6.45) is 2.58. The Morgan fingerprint density at radius 1 is 1.12 bits per heavy atom. The Labute approximate surface area is 143 Å². The molecule has 0 radical (unpaired) electrons. The van der Waals surface area contributed by atoms with Crippen molar-refractivity contribution in [3.63, 3.8) is 0 Å². The van der Waals surface area contributed by atoms with E-state index in [2.05, 4.69) is 10.2 Å². The Morgan fingerprint density at radius 3 is 2.50 bits per heavy atom. The van der Waals surface area contributed by atoms with Crippen molar-refractivity contribution in [2.24, 2.45) is 0 Å². The SMILES string of the molecule is COc1ccc(C)cc1NC(=O)c1ccc(CN2CCCC2)cc1. The normalized spacial score (nSPS) is 14.6. The highest BCUT2D eigenvalue weighted by atomic mass is 16.5. The summed E-state index contributed by atoms with van der Waals surface area (Å²) in [5.74, 6) is 0.547. The minimum absolute atomic E-state index is 0.119. The second-order valence-electron chi connectivity index (χ2n) is 6.34. The molecule has 1 saturated heterocycles. The second-order valence-corrected chi connectivity index (χ2v) is 6.34. The number of amides is 1. The van der Waals surface area contributed by atoms with Gasteiger partial charge in [-0.05, 0) is 68.2 Å². The number of nitrogens with zero attached hydrogens (tertiary/aromatic N) is 1. The average Bonchev–Trinajstić information content (AvgIpc) is 3.09. The first kappa shape index (κ1) is 16.5. The van der Waals surface area contributed by atoms with Gasteiger partial charge in [0.25, 0.3) is 5.91 Å². The number of anilines is 1. The van der Waals surface area contributed by atoms with Gasteiger partial charge in [-0.2, -0.15) is 0 Å².